The van der Waals surface area contributed by atoms with Gasteiger partial charge >= 0.3 is 0 Å². The standard InChI is InChI=1S/C15H18BrN3S/c1-4-13-10(2)18-14(19-15(13)17-3)9-20-12-7-5-11(16)6-8-12/h5-8H,4,9H2,1-3H3,(H,17,18,19). The molecule has 0 spiro atoms. The highest BCUT2D eigenvalue weighted by Crippen LogP contribution is 2.25. The summed E-state index contributed by atoms with van der Waals surface area (Å²) < 4.78 is 1.10. The predicted molar refractivity (Wildman–Crippen MR) is 89.4 cm³/mol. The second kappa shape index (κ2) is 7.09. The van der Waals surface area contributed by atoms with Crippen LogP contribution < -0.4 is 5.32 Å². The number of aromatic nitrogens is 2. The zero-order valence-corrected chi connectivity index (χ0v) is 14.3. The highest BCUT2D eigenvalue weighted by molar-refractivity contribution is 9.10. The molecule has 0 saturated heterocycles. The Hall–Kier alpha value is -1.07. The van der Waals surface area contributed by atoms with E-state index in [2.05, 4.69) is 57.2 Å². The van der Waals surface area contributed by atoms with Gasteiger partial charge in [0.1, 0.15) is 11.6 Å². The molecule has 0 saturated carbocycles. The quantitative estimate of drug-likeness (QED) is 0.807. The van der Waals surface area contributed by atoms with Crippen LogP contribution in [0.15, 0.2) is 33.6 Å². The Morgan fingerprint density at radius 2 is 1.90 bits per heavy atom. The lowest BCUT2D eigenvalue weighted by Gasteiger charge is -2.11. The average molecular weight is 352 g/mol. The molecule has 1 aromatic carbocycles. The fraction of sp³-hybridized carbons (Fsp3) is 0.333. The Morgan fingerprint density at radius 1 is 1.20 bits per heavy atom. The molecule has 0 radical (unpaired) electrons. The highest BCUT2D eigenvalue weighted by Gasteiger charge is 2.09. The molecule has 0 amide bonds. The van der Waals surface area contributed by atoms with E-state index in [1.807, 2.05) is 19.2 Å². The molecule has 0 unspecified atom stereocenters. The van der Waals surface area contributed by atoms with Gasteiger partial charge in [0.15, 0.2) is 0 Å². The van der Waals surface area contributed by atoms with Crippen molar-refractivity contribution in [3.63, 3.8) is 0 Å². The van der Waals surface area contributed by atoms with Crippen molar-refractivity contribution >= 4 is 33.5 Å². The Labute approximate surface area is 132 Å². The summed E-state index contributed by atoms with van der Waals surface area (Å²) in [5.41, 5.74) is 2.27. The molecule has 1 N–H and O–H groups in total. The number of nitrogens with one attached hydrogen (secondary N) is 1. The smallest absolute Gasteiger partial charge is 0.141 e. The van der Waals surface area contributed by atoms with E-state index in [4.69, 9.17) is 0 Å². The summed E-state index contributed by atoms with van der Waals surface area (Å²) in [6.45, 7) is 4.18. The molecule has 20 heavy (non-hydrogen) atoms. The van der Waals surface area contributed by atoms with Crippen molar-refractivity contribution in [1.82, 2.24) is 9.97 Å². The van der Waals surface area contributed by atoms with Crippen LogP contribution in [0.5, 0.6) is 0 Å². The lowest BCUT2D eigenvalue weighted by molar-refractivity contribution is 0.941. The van der Waals surface area contributed by atoms with Crippen LogP contribution in [-0.2, 0) is 12.2 Å². The van der Waals surface area contributed by atoms with Crippen LogP contribution in [0.25, 0.3) is 0 Å². The van der Waals surface area contributed by atoms with Crippen LogP contribution in [0.2, 0.25) is 0 Å². The number of rotatable bonds is 5. The van der Waals surface area contributed by atoms with E-state index in [0.717, 1.165) is 34.0 Å². The first-order valence-electron chi connectivity index (χ1n) is 6.56. The predicted octanol–water partition coefficient (Wildman–Crippen LogP) is 4.44. The van der Waals surface area contributed by atoms with Crippen LogP contribution in [-0.4, -0.2) is 17.0 Å². The van der Waals surface area contributed by atoms with Crippen LogP contribution in [0, 0.1) is 6.92 Å². The van der Waals surface area contributed by atoms with E-state index in [9.17, 15) is 0 Å². The van der Waals surface area contributed by atoms with Crippen molar-refractivity contribution in [2.75, 3.05) is 12.4 Å². The first kappa shape index (κ1) is 15.3. The molecule has 0 aliphatic rings. The monoisotopic (exact) mass is 351 g/mol. The van der Waals surface area contributed by atoms with Gasteiger partial charge in [0.05, 0.1) is 5.75 Å². The first-order valence-corrected chi connectivity index (χ1v) is 8.34. The summed E-state index contributed by atoms with van der Waals surface area (Å²) in [6.07, 6.45) is 0.947. The molecule has 0 fully saturated rings. The molecule has 0 bridgehead atoms. The average Bonchev–Trinajstić information content (AvgIpc) is 2.46. The fourth-order valence-electron chi connectivity index (χ4n) is 2.03. The van der Waals surface area contributed by atoms with Crippen molar-refractivity contribution in [2.45, 2.75) is 30.9 Å². The van der Waals surface area contributed by atoms with Crippen molar-refractivity contribution in [3.05, 3.63) is 45.8 Å². The van der Waals surface area contributed by atoms with E-state index in [1.54, 1.807) is 11.8 Å². The Morgan fingerprint density at radius 3 is 2.50 bits per heavy atom. The van der Waals surface area contributed by atoms with Gasteiger partial charge in [-0.25, -0.2) is 9.97 Å². The number of halogens is 1. The topological polar surface area (TPSA) is 37.8 Å². The maximum atomic E-state index is 4.60. The summed E-state index contributed by atoms with van der Waals surface area (Å²) in [4.78, 5) is 10.4. The Bertz CT molecular complexity index is 584. The molecular weight excluding hydrogens is 334 g/mol. The molecule has 2 aromatic rings. The Balaban J connectivity index is 2.13. The lowest BCUT2D eigenvalue weighted by Crippen LogP contribution is -2.06. The van der Waals surface area contributed by atoms with Crippen molar-refractivity contribution in [1.29, 1.82) is 0 Å². The van der Waals surface area contributed by atoms with Crippen LogP contribution in [0.1, 0.15) is 24.0 Å². The van der Waals surface area contributed by atoms with E-state index < -0.39 is 0 Å². The minimum atomic E-state index is 0.779. The number of nitrogens with zero attached hydrogens (tertiary/aromatic N) is 2. The number of aryl methyl sites for hydroxylation is 1. The number of thioether (sulfide) groups is 1. The van der Waals surface area contributed by atoms with Crippen molar-refractivity contribution < 1.29 is 0 Å². The van der Waals surface area contributed by atoms with Crippen molar-refractivity contribution in [3.8, 4) is 0 Å². The van der Waals surface area contributed by atoms with Crippen LogP contribution >= 0.6 is 27.7 Å². The van der Waals surface area contributed by atoms with Gasteiger partial charge in [0.25, 0.3) is 0 Å². The summed E-state index contributed by atoms with van der Waals surface area (Å²) in [6, 6.07) is 8.29. The molecular formula is C15H18BrN3S. The molecule has 106 valence electrons. The van der Waals surface area contributed by atoms with E-state index in [0.29, 0.717) is 0 Å². The highest BCUT2D eigenvalue weighted by atomic mass is 79.9. The van der Waals surface area contributed by atoms with Crippen LogP contribution in [0.3, 0.4) is 0 Å². The molecule has 3 nitrogen and oxygen atoms in total. The minimum Gasteiger partial charge on any atom is -0.373 e. The van der Waals surface area contributed by atoms with Gasteiger partial charge in [-0.05, 0) is 37.6 Å². The number of benzene rings is 1. The van der Waals surface area contributed by atoms with Crippen LogP contribution in [0.4, 0.5) is 5.82 Å². The van der Waals surface area contributed by atoms with E-state index in [1.165, 1.54) is 10.5 Å². The van der Waals surface area contributed by atoms with Gasteiger partial charge in [-0.2, -0.15) is 0 Å². The fourth-order valence-corrected chi connectivity index (χ4v) is 3.05. The van der Waals surface area contributed by atoms with Gasteiger partial charge < -0.3 is 5.32 Å². The molecule has 1 heterocycles. The van der Waals surface area contributed by atoms with Gasteiger partial charge in [-0.3, -0.25) is 0 Å². The summed E-state index contributed by atoms with van der Waals surface area (Å²) in [5.74, 6) is 2.60. The van der Waals surface area contributed by atoms with Gasteiger partial charge in [-0.1, -0.05) is 22.9 Å². The third-order valence-electron chi connectivity index (χ3n) is 3.03. The first-order chi connectivity index (χ1) is 9.63. The zero-order chi connectivity index (χ0) is 14.5. The van der Waals surface area contributed by atoms with E-state index in [-0.39, 0.29) is 0 Å². The summed E-state index contributed by atoms with van der Waals surface area (Å²) in [7, 11) is 1.91. The normalized spacial score (nSPS) is 10.6. The third kappa shape index (κ3) is 3.73. The molecule has 0 aliphatic heterocycles. The largest absolute Gasteiger partial charge is 0.373 e. The minimum absolute atomic E-state index is 0.779. The third-order valence-corrected chi connectivity index (χ3v) is 4.57. The molecule has 1 aromatic heterocycles. The molecule has 0 atom stereocenters. The second-order valence-electron chi connectivity index (χ2n) is 4.40. The van der Waals surface area contributed by atoms with Gasteiger partial charge in [0, 0.05) is 27.7 Å². The lowest BCUT2D eigenvalue weighted by atomic mass is 10.1. The van der Waals surface area contributed by atoms with Gasteiger partial charge in [-0.15, -0.1) is 11.8 Å². The molecule has 2 rings (SSSR count). The molecule has 0 aliphatic carbocycles. The Kier molecular flexibility index (Phi) is 5.43. The summed E-state index contributed by atoms with van der Waals surface area (Å²) in [5, 5.41) is 3.17. The molecule has 5 heteroatoms. The maximum absolute atomic E-state index is 4.60. The van der Waals surface area contributed by atoms with Gasteiger partial charge in [0.2, 0.25) is 0 Å². The van der Waals surface area contributed by atoms with E-state index >= 15 is 0 Å². The summed E-state index contributed by atoms with van der Waals surface area (Å²) >= 11 is 5.19. The van der Waals surface area contributed by atoms with Crippen molar-refractivity contribution in [2.24, 2.45) is 0 Å². The number of hydrogen-bond acceptors (Lipinski definition) is 4. The second-order valence-corrected chi connectivity index (χ2v) is 6.36. The number of anilines is 1. The number of hydrogen-bond donors (Lipinski definition) is 1. The maximum Gasteiger partial charge on any atom is 0.141 e. The zero-order valence-electron chi connectivity index (χ0n) is 11.9. The SMILES string of the molecule is CCc1c(C)nc(CSc2ccc(Br)cc2)nc1NC.